The molecule has 2 atom stereocenters. The van der Waals surface area contributed by atoms with Crippen LogP contribution in [0.15, 0.2) is 48.8 Å². The number of aromatic nitrogens is 4. The molecule has 0 bridgehead atoms. The van der Waals surface area contributed by atoms with E-state index in [2.05, 4.69) is 15.0 Å². The van der Waals surface area contributed by atoms with Crippen LogP contribution < -0.4 is 19.1 Å². The number of pyridine rings is 1. The second kappa shape index (κ2) is 10.8. The molecule has 2 N–H and O–H groups in total. The van der Waals surface area contributed by atoms with Crippen LogP contribution in [0.4, 0.5) is 10.5 Å². The number of methoxy groups -OCH3 is 1. The molecule has 210 valence electrons. The molecule has 1 aliphatic rings. The number of carbonyl (C=O) groups excluding carboxylic acids is 1. The van der Waals surface area contributed by atoms with Crippen LogP contribution in [0.25, 0.3) is 31.8 Å². The molecule has 6 rings (SSSR count). The number of rotatable bonds is 6. The van der Waals surface area contributed by atoms with Gasteiger partial charge in [0.15, 0.2) is 18.1 Å². The standard InChI is InChI=1S/C28H25N5O7S/c1-14-8-16(24-19(9-14)31-22(37-3)11-30-24)27-32-18-6-7-21-25(26(18)41-27)38-13-23(39-21)40-28(36)33(2)15-4-5-17(29-10-15)20(35)12-34/h4-11,20,23,34-35H,12-13H2,1-3H3/t20-,23-/m1/s1. The van der Waals surface area contributed by atoms with Crippen LogP contribution in [0, 0.1) is 6.92 Å². The van der Waals surface area contributed by atoms with Crippen LogP contribution in [0.2, 0.25) is 0 Å². The summed E-state index contributed by atoms with van der Waals surface area (Å²) in [6.45, 7) is 1.52. The lowest BCUT2D eigenvalue weighted by Gasteiger charge is -2.27. The van der Waals surface area contributed by atoms with Gasteiger partial charge in [0.1, 0.15) is 15.8 Å². The topological polar surface area (TPSA) is 149 Å². The molecule has 2 aromatic carbocycles. The van der Waals surface area contributed by atoms with E-state index >= 15 is 0 Å². The summed E-state index contributed by atoms with van der Waals surface area (Å²) in [6, 6.07) is 10.6. The van der Waals surface area contributed by atoms with Crippen molar-refractivity contribution in [1.82, 2.24) is 19.9 Å². The quantitative estimate of drug-likeness (QED) is 0.302. The molecule has 0 saturated carbocycles. The van der Waals surface area contributed by atoms with E-state index in [1.54, 1.807) is 25.4 Å². The molecule has 4 heterocycles. The molecule has 0 aliphatic carbocycles. The van der Waals surface area contributed by atoms with Gasteiger partial charge in [-0.15, -0.1) is 11.3 Å². The number of fused-ring (bicyclic) bond motifs is 4. The van der Waals surface area contributed by atoms with E-state index in [4.69, 9.17) is 29.0 Å². The van der Waals surface area contributed by atoms with E-state index in [1.807, 2.05) is 25.1 Å². The molecule has 12 nitrogen and oxygen atoms in total. The van der Waals surface area contributed by atoms with Crippen LogP contribution in [0.1, 0.15) is 17.4 Å². The molecule has 3 aromatic heterocycles. The van der Waals surface area contributed by atoms with Crippen molar-refractivity contribution in [3.05, 3.63) is 60.0 Å². The third kappa shape index (κ3) is 5.06. The van der Waals surface area contributed by atoms with Gasteiger partial charge in [0, 0.05) is 12.6 Å². The lowest BCUT2D eigenvalue weighted by Crippen LogP contribution is -2.38. The summed E-state index contributed by atoms with van der Waals surface area (Å²) >= 11 is 1.45. The fourth-order valence-corrected chi connectivity index (χ4v) is 5.45. The first-order valence-electron chi connectivity index (χ1n) is 12.6. The summed E-state index contributed by atoms with van der Waals surface area (Å²) < 4.78 is 23.5. The number of hydrogen-bond donors (Lipinski definition) is 2. The summed E-state index contributed by atoms with van der Waals surface area (Å²) in [4.78, 5) is 32.0. The molecule has 0 saturated heterocycles. The van der Waals surface area contributed by atoms with Gasteiger partial charge >= 0.3 is 6.09 Å². The Morgan fingerprint density at radius 3 is 2.78 bits per heavy atom. The Labute approximate surface area is 237 Å². The van der Waals surface area contributed by atoms with Crippen molar-refractivity contribution in [2.45, 2.75) is 19.3 Å². The van der Waals surface area contributed by atoms with Gasteiger partial charge in [0.25, 0.3) is 6.29 Å². The number of hydrogen-bond acceptors (Lipinski definition) is 12. The maximum atomic E-state index is 12.8. The first kappa shape index (κ1) is 26.6. The number of carbonyl (C=O) groups is 1. The number of aliphatic hydroxyl groups is 2. The molecule has 41 heavy (non-hydrogen) atoms. The second-order valence-corrected chi connectivity index (χ2v) is 10.3. The van der Waals surface area contributed by atoms with Crippen molar-refractivity contribution < 1.29 is 34.0 Å². The molecule has 1 amide bonds. The number of amides is 1. The maximum absolute atomic E-state index is 12.8. The van der Waals surface area contributed by atoms with Crippen molar-refractivity contribution in [1.29, 1.82) is 0 Å². The highest BCUT2D eigenvalue weighted by atomic mass is 32.1. The number of aliphatic hydroxyl groups excluding tert-OH is 2. The molecule has 13 heteroatoms. The number of thiazole rings is 1. The Hall–Kier alpha value is -4.59. The molecular formula is C28H25N5O7S. The van der Waals surface area contributed by atoms with Gasteiger partial charge in [-0.05, 0) is 48.9 Å². The van der Waals surface area contributed by atoms with Gasteiger partial charge in [-0.2, -0.15) is 0 Å². The minimum Gasteiger partial charge on any atom is -0.480 e. The first-order valence-corrected chi connectivity index (χ1v) is 13.4. The van der Waals surface area contributed by atoms with Crippen LogP contribution in [-0.4, -0.2) is 69.9 Å². The Balaban J connectivity index is 1.22. The van der Waals surface area contributed by atoms with Crippen molar-refractivity contribution in [3.63, 3.8) is 0 Å². The summed E-state index contributed by atoms with van der Waals surface area (Å²) in [5, 5.41) is 19.5. The lowest BCUT2D eigenvalue weighted by atomic mass is 10.1. The molecule has 0 unspecified atom stereocenters. The number of benzene rings is 2. The minimum atomic E-state index is -1.09. The average molecular weight is 576 g/mol. The van der Waals surface area contributed by atoms with Crippen molar-refractivity contribution >= 4 is 44.4 Å². The van der Waals surface area contributed by atoms with Gasteiger partial charge in [-0.25, -0.2) is 19.7 Å². The normalized spacial score (nSPS) is 15.1. The van der Waals surface area contributed by atoms with Gasteiger partial charge in [0.2, 0.25) is 5.88 Å². The Bertz CT molecular complexity index is 1760. The van der Waals surface area contributed by atoms with Crippen LogP contribution in [0.3, 0.4) is 0 Å². The Morgan fingerprint density at radius 1 is 1.17 bits per heavy atom. The summed E-state index contributed by atoms with van der Waals surface area (Å²) in [7, 11) is 3.08. The number of ether oxygens (including phenoxy) is 4. The van der Waals surface area contributed by atoms with Crippen molar-refractivity contribution in [2.75, 3.05) is 32.3 Å². The van der Waals surface area contributed by atoms with Crippen LogP contribution in [-0.2, 0) is 4.74 Å². The molecule has 5 aromatic rings. The van der Waals surface area contributed by atoms with Crippen molar-refractivity contribution in [3.8, 4) is 28.0 Å². The van der Waals surface area contributed by atoms with E-state index < -0.39 is 25.1 Å². The summed E-state index contributed by atoms with van der Waals surface area (Å²) in [5.41, 5.74) is 4.76. The van der Waals surface area contributed by atoms with Gasteiger partial charge in [-0.3, -0.25) is 9.88 Å². The third-order valence-corrected chi connectivity index (χ3v) is 7.59. The number of nitrogens with zero attached hydrogens (tertiary/aromatic N) is 5. The third-order valence-electron chi connectivity index (χ3n) is 6.49. The van der Waals surface area contributed by atoms with E-state index in [0.717, 1.165) is 26.4 Å². The fraction of sp³-hybridized carbons (Fsp3) is 0.250. The molecule has 0 radical (unpaired) electrons. The van der Waals surface area contributed by atoms with E-state index in [9.17, 15) is 9.90 Å². The van der Waals surface area contributed by atoms with Crippen LogP contribution >= 0.6 is 11.3 Å². The maximum Gasteiger partial charge on any atom is 0.417 e. The molecule has 0 fully saturated rings. The largest absolute Gasteiger partial charge is 0.480 e. The van der Waals surface area contributed by atoms with E-state index in [0.29, 0.717) is 39.8 Å². The van der Waals surface area contributed by atoms with Gasteiger partial charge < -0.3 is 29.2 Å². The Kier molecular flexibility index (Phi) is 6.99. The predicted molar refractivity (Wildman–Crippen MR) is 151 cm³/mol. The number of aryl methyl sites for hydroxylation is 1. The minimum absolute atomic E-state index is 0.0164. The molecule has 0 spiro atoms. The summed E-state index contributed by atoms with van der Waals surface area (Å²) in [5.74, 6) is 1.40. The molecule has 1 aliphatic heterocycles. The second-order valence-electron chi connectivity index (χ2n) is 9.29. The Morgan fingerprint density at radius 2 is 2.02 bits per heavy atom. The SMILES string of the molecule is COc1cnc2c(-c3nc4ccc5c(c4s3)OC[C@@H](OC(=O)N(C)c3ccc([C@H](O)CO)nc3)O5)cc(C)cc2n1. The predicted octanol–water partition coefficient (Wildman–Crippen LogP) is 4.01. The highest BCUT2D eigenvalue weighted by Gasteiger charge is 2.29. The number of anilines is 1. The van der Waals surface area contributed by atoms with Crippen LogP contribution in [0.5, 0.6) is 17.4 Å². The first-order chi connectivity index (χ1) is 19.8. The van der Waals surface area contributed by atoms with Crippen molar-refractivity contribution in [2.24, 2.45) is 0 Å². The fourth-order valence-electron chi connectivity index (χ4n) is 4.37. The molecular weight excluding hydrogens is 550 g/mol. The van der Waals surface area contributed by atoms with E-state index in [1.165, 1.54) is 35.5 Å². The lowest BCUT2D eigenvalue weighted by molar-refractivity contribution is -0.0717. The summed E-state index contributed by atoms with van der Waals surface area (Å²) in [6.07, 6.45) is 0.241. The zero-order valence-electron chi connectivity index (χ0n) is 22.3. The zero-order valence-corrected chi connectivity index (χ0v) is 23.1. The average Bonchev–Trinajstić information content (AvgIpc) is 3.44. The van der Waals surface area contributed by atoms with Gasteiger partial charge in [0.05, 0.1) is 54.0 Å². The highest BCUT2D eigenvalue weighted by molar-refractivity contribution is 7.22. The van der Waals surface area contributed by atoms with Gasteiger partial charge in [-0.1, -0.05) is 0 Å². The van der Waals surface area contributed by atoms with E-state index in [-0.39, 0.29) is 6.61 Å². The smallest absolute Gasteiger partial charge is 0.417 e. The zero-order chi connectivity index (χ0) is 28.7. The monoisotopic (exact) mass is 575 g/mol. The highest BCUT2D eigenvalue weighted by Crippen LogP contribution is 2.44.